The lowest BCUT2D eigenvalue weighted by Crippen LogP contribution is -2.19. The third-order valence-electron chi connectivity index (χ3n) is 11.0. The number of thioether (sulfide) groups is 1. The number of amides is 4. The number of aromatic nitrogens is 6. The Kier molecular flexibility index (Phi) is 18.5. The molecular formula is C42H33Cl2N17O20S7. The van der Waals surface area contributed by atoms with E-state index in [4.69, 9.17) is 34.7 Å². The predicted octanol–water partition coefficient (Wildman–Crippen LogP) is 6.65. The summed E-state index contributed by atoms with van der Waals surface area (Å²) in [7, 11) is -31.3. The Morgan fingerprint density at radius 2 is 0.841 bits per heavy atom. The predicted molar refractivity (Wildman–Crippen MR) is 310 cm³/mol. The summed E-state index contributed by atoms with van der Waals surface area (Å²) >= 11 is 13.5. The van der Waals surface area contributed by atoms with E-state index in [0.717, 1.165) is 23.9 Å². The first kappa shape index (κ1) is 65.4. The molecule has 15 N–H and O–H groups in total. The smallest absolute Gasteiger partial charge is 0.316 e. The van der Waals surface area contributed by atoms with Crippen molar-refractivity contribution in [1.82, 2.24) is 29.9 Å². The highest BCUT2D eigenvalue weighted by atomic mass is 35.5. The van der Waals surface area contributed by atoms with E-state index in [1.165, 1.54) is 36.4 Å². The number of hydrogen-bond acceptors (Lipinski definition) is 28. The van der Waals surface area contributed by atoms with Crippen molar-refractivity contribution in [2.75, 3.05) is 38.9 Å². The van der Waals surface area contributed by atoms with Crippen molar-refractivity contribution in [3.05, 3.63) is 95.5 Å². The summed E-state index contributed by atoms with van der Waals surface area (Å²) in [5.41, 5.74) is 8.63. The molecule has 88 heavy (non-hydrogen) atoms. The summed E-state index contributed by atoms with van der Waals surface area (Å²) in [5, 5.41) is 26.0. The fraction of sp³-hybridized carbons (Fsp3) is 0.0476. The van der Waals surface area contributed by atoms with Crippen LogP contribution in [0.25, 0.3) is 21.5 Å². The summed E-state index contributed by atoms with van der Waals surface area (Å²) in [6, 6.07) is 10.0. The molecule has 2 heterocycles. The number of carbonyl (C=O) groups is 2. The van der Waals surface area contributed by atoms with Gasteiger partial charge in [0.1, 0.15) is 42.3 Å². The zero-order chi connectivity index (χ0) is 64.6. The molecule has 0 saturated heterocycles. The Labute approximate surface area is 507 Å². The van der Waals surface area contributed by atoms with Gasteiger partial charge < -0.3 is 38.1 Å². The van der Waals surface area contributed by atoms with E-state index < -0.39 is 135 Å². The molecule has 0 atom stereocenters. The van der Waals surface area contributed by atoms with Crippen LogP contribution in [-0.4, -0.2) is 132 Å². The van der Waals surface area contributed by atoms with E-state index in [2.05, 4.69) is 76.9 Å². The van der Waals surface area contributed by atoms with Crippen molar-refractivity contribution in [3.8, 4) is 0 Å². The fourth-order valence-corrected chi connectivity index (χ4v) is 12.6. The van der Waals surface area contributed by atoms with Crippen molar-refractivity contribution < 1.29 is 87.4 Å². The Hall–Kier alpha value is -8.61. The number of nitrogens with zero attached hydrogens (tertiary/aromatic N) is 10. The second-order valence-electron chi connectivity index (χ2n) is 17.1. The van der Waals surface area contributed by atoms with E-state index in [-0.39, 0.29) is 80.0 Å². The molecule has 0 radical (unpaired) electrons. The Bertz CT molecular complexity index is 4740. The highest BCUT2D eigenvalue weighted by molar-refractivity contribution is 7.99. The van der Waals surface area contributed by atoms with Crippen LogP contribution in [0.3, 0.4) is 0 Å². The van der Waals surface area contributed by atoms with E-state index in [1.54, 1.807) is 0 Å². The number of nitrogens with two attached hydrogens (primary N) is 2. The molecule has 0 aliphatic rings. The van der Waals surface area contributed by atoms with Gasteiger partial charge in [0.25, 0.3) is 60.7 Å². The van der Waals surface area contributed by atoms with Crippen molar-refractivity contribution in [2.24, 2.45) is 31.9 Å². The average molecular weight is 1390 g/mol. The summed E-state index contributed by atoms with van der Waals surface area (Å²) in [6.45, 7) is 0.0991. The van der Waals surface area contributed by atoms with Crippen LogP contribution >= 0.6 is 35.0 Å². The van der Waals surface area contributed by atoms with Gasteiger partial charge in [-0.15, -0.1) is 20.5 Å². The second kappa shape index (κ2) is 24.9. The van der Waals surface area contributed by atoms with Gasteiger partial charge in [-0.25, -0.2) is 9.59 Å². The maximum atomic E-state index is 12.5. The topological polar surface area (TPSA) is 599 Å². The molecule has 8 aromatic rings. The summed E-state index contributed by atoms with van der Waals surface area (Å²) in [5.74, 6) is -0.194. The highest BCUT2D eigenvalue weighted by Gasteiger charge is 2.27. The van der Waals surface area contributed by atoms with Gasteiger partial charge in [0.15, 0.2) is 5.16 Å². The highest BCUT2D eigenvalue weighted by Crippen LogP contribution is 2.40. The van der Waals surface area contributed by atoms with Crippen molar-refractivity contribution >= 4 is 193 Å². The van der Waals surface area contributed by atoms with Crippen LogP contribution in [0.4, 0.5) is 72.9 Å². The van der Waals surface area contributed by atoms with E-state index in [0.29, 0.717) is 36.4 Å². The first-order valence-corrected chi connectivity index (χ1v) is 33.2. The lowest BCUT2D eigenvalue weighted by atomic mass is 10.1. The van der Waals surface area contributed by atoms with Crippen molar-refractivity contribution in [2.45, 2.75) is 34.5 Å². The fourth-order valence-electron chi connectivity index (χ4n) is 7.52. The molecule has 0 fully saturated rings. The first-order chi connectivity index (χ1) is 40.8. The second-order valence-corrected chi connectivity index (χ2v) is 27.2. The van der Waals surface area contributed by atoms with Gasteiger partial charge in [-0.05, 0) is 119 Å². The molecule has 37 nitrogen and oxygen atoms in total. The maximum Gasteiger partial charge on any atom is 0.316 e. The maximum absolute atomic E-state index is 12.5. The molecule has 0 aliphatic carbocycles. The van der Waals surface area contributed by atoms with Gasteiger partial charge in [-0.1, -0.05) is 11.8 Å². The molecule has 0 spiro atoms. The minimum Gasteiger partial charge on any atom is -0.353 e. The molecule has 46 heteroatoms. The number of fused-ring (bicyclic) bond motifs is 2. The first-order valence-electron chi connectivity index (χ1n) is 22.9. The average Bonchev–Trinajstić information content (AvgIpc) is 1.60. The van der Waals surface area contributed by atoms with Crippen LogP contribution in [0.15, 0.2) is 140 Å². The zero-order valence-corrected chi connectivity index (χ0v) is 49.9. The number of rotatable bonds is 21. The van der Waals surface area contributed by atoms with Gasteiger partial charge in [0, 0.05) is 34.4 Å². The van der Waals surface area contributed by atoms with Gasteiger partial charge in [-0.3, -0.25) is 27.3 Å². The van der Waals surface area contributed by atoms with Crippen LogP contribution in [0, 0.1) is 0 Å². The third kappa shape index (κ3) is 16.3. The van der Waals surface area contributed by atoms with Gasteiger partial charge in [0.05, 0.1) is 21.2 Å². The third-order valence-corrected chi connectivity index (χ3v) is 17.4. The van der Waals surface area contributed by atoms with E-state index >= 15 is 0 Å². The van der Waals surface area contributed by atoms with E-state index in [9.17, 15) is 87.4 Å². The number of hydrogen-bond donors (Lipinski definition) is 13. The SMILES string of the molecule is NC(=O)Nc1cc(Nc2nc(Cl)nc(NCCSc3nc(Cl)nc(Nc4ccc(N=Nc5cc6c(S(=O)(=O)O)cc(S(=O)(=O)O)cc6cc5S(=O)(=O)O)c(NC(N)=O)c4)n3)n2)ccc1N=Nc1cc2c(S(=O)(=O)O)cc(S(=O)(=O)O)cc2cc1S(=O)(=O)O. The summed E-state index contributed by atoms with van der Waals surface area (Å²) < 4.78 is 205. The van der Waals surface area contributed by atoms with Crippen LogP contribution < -0.4 is 38.1 Å². The molecule has 4 amide bonds. The molecule has 0 bridgehead atoms. The number of carbonyl (C=O) groups excluding carboxylic acids is 2. The normalized spacial score (nSPS) is 12.6. The number of primary amides is 2. The van der Waals surface area contributed by atoms with Crippen LogP contribution in [0.5, 0.6) is 0 Å². The molecular weight excluding hydrogens is 1360 g/mol. The molecule has 8 rings (SSSR count). The largest absolute Gasteiger partial charge is 0.353 e. The number of nitrogens with one attached hydrogen (secondary N) is 5. The number of halogens is 2. The molecule has 0 saturated carbocycles. The van der Waals surface area contributed by atoms with E-state index in [1.807, 2.05) is 0 Å². The number of azo groups is 2. The lowest BCUT2D eigenvalue weighted by molar-refractivity contribution is 0.258. The molecule has 6 aromatic carbocycles. The number of benzene rings is 6. The van der Waals surface area contributed by atoms with Crippen molar-refractivity contribution in [3.63, 3.8) is 0 Å². The quantitative estimate of drug-likeness (QED) is 0.0155. The Balaban J connectivity index is 0.964. The van der Waals surface area contributed by atoms with Crippen molar-refractivity contribution in [1.29, 1.82) is 0 Å². The summed E-state index contributed by atoms with van der Waals surface area (Å²) in [6.07, 6.45) is 0. The summed E-state index contributed by atoms with van der Waals surface area (Å²) in [4.78, 5) is 42.5. The monoisotopic (exact) mass is 1390 g/mol. The van der Waals surface area contributed by atoms with Crippen LogP contribution in [-0.2, 0) is 60.7 Å². The number of anilines is 7. The molecule has 462 valence electrons. The van der Waals surface area contributed by atoms with Gasteiger partial charge >= 0.3 is 12.1 Å². The zero-order valence-electron chi connectivity index (χ0n) is 42.6. The number of urea groups is 2. The van der Waals surface area contributed by atoms with Gasteiger partial charge in [0.2, 0.25) is 28.4 Å². The molecule has 0 aliphatic heterocycles. The lowest BCUT2D eigenvalue weighted by Gasteiger charge is -2.12. The Morgan fingerprint density at radius 1 is 0.455 bits per heavy atom. The van der Waals surface area contributed by atoms with Crippen LogP contribution in [0.1, 0.15) is 0 Å². The minimum absolute atomic E-state index is 0.0697. The van der Waals surface area contributed by atoms with Crippen LogP contribution in [0.2, 0.25) is 10.6 Å². The van der Waals surface area contributed by atoms with Gasteiger partial charge in [-0.2, -0.15) is 80.4 Å². The molecule has 2 aromatic heterocycles. The Morgan fingerprint density at radius 3 is 1.24 bits per heavy atom. The molecule has 0 unspecified atom stereocenters. The standard InChI is InChI=1S/C42H33Cl2N17O20S7/c43-35-52-39(56-40(53-35)48-19-1-3-25(27(11-19)50-37(45)62)58-60-29-15-23-17(9-33(29)87(76,77)78)7-21(83(64,65)66)13-31(23)85(70,71)72)47-5-6-82-42-55-36(44)54-41(57-42)49-20-2-4-26(28(12-20)51-38(46)63)59-61-30-16-24-18(10-34(30)88(79,80)81)8-22(84(67,68)69)14-32(24)86(73,74)75/h1-4,7-16H,5-6H2,(H3,45,50,62)(H3,46,51,63)(H,64,65,66)(H,67,68,69)(H,70,71,72)(H,73,74,75)(H,76,77,78)(H,79,80,81)(H,49,54,55,57)(H2,47,48,52,53,56). The minimum atomic E-state index is -5.27.